The Morgan fingerprint density at radius 3 is 2.77 bits per heavy atom. The monoisotopic (exact) mass is 324 g/mol. The van der Waals surface area contributed by atoms with Crippen molar-refractivity contribution < 1.29 is 14.3 Å². The third-order valence-electron chi connectivity index (χ3n) is 3.50. The second-order valence-electron chi connectivity index (χ2n) is 5.19. The second-order valence-corrected chi connectivity index (χ2v) is 6.34. The first kappa shape index (κ1) is 17.0. The van der Waals surface area contributed by atoms with Crippen molar-refractivity contribution in [1.29, 1.82) is 0 Å². The molecule has 0 spiro atoms. The van der Waals surface area contributed by atoms with E-state index in [4.69, 9.17) is 9.47 Å². The van der Waals surface area contributed by atoms with E-state index in [1.807, 2.05) is 43.0 Å². The molecule has 1 fully saturated rings. The van der Waals surface area contributed by atoms with E-state index in [0.717, 1.165) is 29.2 Å². The Bertz CT molecular complexity index is 461. The molecule has 1 aromatic rings. The Kier molecular flexibility index (Phi) is 6.86. The van der Waals surface area contributed by atoms with E-state index in [1.54, 1.807) is 7.11 Å². The highest BCUT2D eigenvalue weighted by Crippen LogP contribution is 2.19. The van der Waals surface area contributed by atoms with Gasteiger partial charge in [0.1, 0.15) is 5.75 Å². The van der Waals surface area contributed by atoms with Crippen LogP contribution >= 0.6 is 11.8 Å². The maximum atomic E-state index is 12.1. The van der Waals surface area contributed by atoms with Gasteiger partial charge < -0.3 is 20.1 Å². The number of carbonyl (C=O) groups excluding carboxylic acids is 1. The zero-order valence-electron chi connectivity index (χ0n) is 13.1. The minimum Gasteiger partial charge on any atom is -0.494 e. The summed E-state index contributed by atoms with van der Waals surface area (Å²) in [5.74, 6) is 2.94. The van der Waals surface area contributed by atoms with E-state index in [2.05, 4.69) is 10.6 Å². The molecule has 0 unspecified atom stereocenters. The number of benzene rings is 1. The zero-order valence-corrected chi connectivity index (χ0v) is 13.9. The number of ether oxygens (including phenoxy) is 2. The molecule has 0 aromatic heterocycles. The molecule has 2 rings (SSSR count). The highest BCUT2D eigenvalue weighted by molar-refractivity contribution is 7.99. The lowest BCUT2D eigenvalue weighted by atomic mass is 10.1. The molecule has 2 atom stereocenters. The van der Waals surface area contributed by atoms with Crippen molar-refractivity contribution >= 4 is 17.8 Å². The highest BCUT2D eigenvalue weighted by atomic mass is 32.2. The number of hydrogen-bond donors (Lipinski definition) is 2. The summed E-state index contributed by atoms with van der Waals surface area (Å²) in [7, 11) is 1.63. The lowest BCUT2D eigenvalue weighted by Crippen LogP contribution is -2.44. The van der Waals surface area contributed by atoms with Crippen molar-refractivity contribution in [2.45, 2.75) is 25.4 Å². The maximum absolute atomic E-state index is 12.1. The molecule has 122 valence electrons. The summed E-state index contributed by atoms with van der Waals surface area (Å²) < 4.78 is 10.7. The summed E-state index contributed by atoms with van der Waals surface area (Å²) >= 11 is 1.87. The van der Waals surface area contributed by atoms with Crippen LogP contribution < -0.4 is 15.4 Å². The van der Waals surface area contributed by atoms with Gasteiger partial charge in [-0.3, -0.25) is 0 Å². The van der Waals surface area contributed by atoms with Gasteiger partial charge in [0.15, 0.2) is 0 Å². The van der Waals surface area contributed by atoms with Gasteiger partial charge in [0, 0.05) is 18.9 Å². The van der Waals surface area contributed by atoms with Gasteiger partial charge in [-0.1, -0.05) is 12.1 Å². The summed E-state index contributed by atoms with van der Waals surface area (Å²) in [6.07, 6.45) is 1.04. The molecule has 1 aliphatic heterocycles. The Balaban J connectivity index is 1.94. The number of carbonyl (C=O) groups is 1. The third-order valence-corrected chi connectivity index (χ3v) is 4.66. The van der Waals surface area contributed by atoms with Gasteiger partial charge in [-0.05, 0) is 36.8 Å². The molecule has 22 heavy (non-hydrogen) atoms. The minimum absolute atomic E-state index is 0.136. The average Bonchev–Trinajstić information content (AvgIpc) is 3.01. The smallest absolute Gasteiger partial charge is 0.315 e. The molecule has 2 N–H and O–H groups in total. The van der Waals surface area contributed by atoms with Crippen LogP contribution in [-0.4, -0.2) is 43.9 Å². The van der Waals surface area contributed by atoms with Gasteiger partial charge in [0.2, 0.25) is 0 Å². The Hall–Kier alpha value is -1.40. The summed E-state index contributed by atoms with van der Waals surface area (Å²) in [5, 5.41) is 6.01. The molecule has 5 nitrogen and oxygen atoms in total. The molecule has 6 heteroatoms. The first-order valence-corrected chi connectivity index (χ1v) is 8.75. The molecular formula is C16H24N2O3S. The number of nitrogens with one attached hydrogen (secondary N) is 2. The molecule has 0 aliphatic carbocycles. The molecular weight excluding hydrogens is 300 g/mol. The van der Waals surface area contributed by atoms with Crippen molar-refractivity contribution in [3.8, 4) is 5.75 Å². The number of thioether (sulfide) groups is 1. The molecule has 0 saturated carbocycles. The topological polar surface area (TPSA) is 59.6 Å². The van der Waals surface area contributed by atoms with Crippen LogP contribution in [0.1, 0.15) is 24.9 Å². The first-order chi connectivity index (χ1) is 10.7. The van der Waals surface area contributed by atoms with Crippen molar-refractivity contribution in [2.24, 2.45) is 0 Å². The number of hydrogen-bond acceptors (Lipinski definition) is 4. The normalized spacial score (nSPS) is 18.7. The summed E-state index contributed by atoms with van der Waals surface area (Å²) in [5.41, 5.74) is 1.00. The summed E-state index contributed by atoms with van der Waals surface area (Å²) in [4.78, 5) is 12.1. The highest BCUT2D eigenvalue weighted by Gasteiger charge is 2.20. The van der Waals surface area contributed by atoms with Gasteiger partial charge >= 0.3 is 6.03 Å². The van der Waals surface area contributed by atoms with Crippen LogP contribution in [0.3, 0.4) is 0 Å². The van der Waals surface area contributed by atoms with Crippen LogP contribution in [0.2, 0.25) is 0 Å². The van der Waals surface area contributed by atoms with E-state index in [9.17, 15) is 4.79 Å². The van der Waals surface area contributed by atoms with Crippen LogP contribution in [0, 0.1) is 0 Å². The third kappa shape index (κ3) is 5.10. The van der Waals surface area contributed by atoms with Gasteiger partial charge in [0.25, 0.3) is 0 Å². The fraction of sp³-hybridized carbons (Fsp3) is 0.562. The predicted molar refractivity (Wildman–Crippen MR) is 89.6 cm³/mol. The van der Waals surface area contributed by atoms with Crippen LogP contribution in [0.15, 0.2) is 24.3 Å². The minimum atomic E-state index is -0.172. The van der Waals surface area contributed by atoms with E-state index in [-0.39, 0.29) is 18.1 Å². The van der Waals surface area contributed by atoms with Crippen LogP contribution in [0.25, 0.3) is 0 Å². The van der Waals surface area contributed by atoms with Crippen molar-refractivity contribution in [3.05, 3.63) is 29.8 Å². The second kappa shape index (κ2) is 8.90. The fourth-order valence-electron chi connectivity index (χ4n) is 2.38. The van der Waals surface area contributed by atoms with Crippen molar-refractivity contribution in [3.63, 3.8) is 0 Å². The quantitative estimate of drug-likeness (QED) is 0.809. The molecule has 1 aromatic carbocycles. The number of methoxy groups -OCH3 is 1. The van der Waals surface area contributed by atoms with Crippen LogP contribution in [-0.2, 0) is 4.74 Å². The van der Waals surface area contributed by atoms with Crippen LogP contribution in [0.5, 0.6) is 5.75 Å². The van der Waals surface area contributed by atoms with Crippen LogP contribution in [0.4, 0.5) is 4.79 Å². The van der Waals surface area contributed by atoms with E-state index in [0.29, 0.717) is 13.2 Å². The number of urea groups is 1. The van der Waals surface area contributed by atoms with Gasteiger partial charge in [0.05, 0.1) is 19.3 Å². The van der Waals surface area contributed by atoms with Gasteiger partial charge in [-0.25, -0.2) is 4.79 Å². The zero-order chi connectivity index (χ0) is 15.8. The molecule has 2 amide bonds. The van der Waals surface area contributed by atoms with E-state index >= 15 is 0 Å². The first-order valence-electron chi connectivity index (χ1n) is 7.59. The lowest BCUT2D eigenvalue weighted by Gasteiger charge is -2.20. The maximum Gasteiger partial charge on any atom is 0.315 e. The molecule has 1 saturated heterocycles. The molecule has 0 bridgehead atoms. The SMILES string of the molecule is CCOc1ccc([C@@H](COC)NC(=O)N[C@H]2CCSC2)cc1. The number of amides is 2. The Morgan fingerprint density at radius 2 is 2.18 bits per heavy atom. The average molecular weight is 324 g/mol. The van der Waals surface area contributed by atoms with Crippen molar-refractivity contribution in [2.75, 3.05) is 31.8 Å². The largest absolute Gasteiger partial charge is 0.494 e. The van der Waals surface area contributed by atoms with E-state index < -0.39 is 0 Å². The summed E-state index contributed by atoms with van der Waals surface area (Å²) in [6, 6.07) is 7.70. The van der Waals surface area contributed by atoms with Gasteiger partial charge in [-0.2, -0.15) is 11.8 Å². The molecule has 1 heterocycles. The molecule has 1 aliphatic rings. The molecule has 0 radical (unpaired) electrons. The fourth-order valence-corrected chi connectivity index (χ4v) is 3.54. The summed E-state index contributed by atoms with van der Waals surface area (Å²) in [6.45, 7) is 3.02. The van der Waals surface area contributed by atoms with Crippen molar-refractivity contribution in [1.82, 2.24) is 10.6 Å². The Labute approximate surface area is 136 Å². The standard InChI is InChI=1S/C16H24N2O3S/c1-3-21-14-6-4-12(5-7-14)15(10-20-2)18-16(19)17-13-8-9-22-11-13/h4-7,13,15H,3,8-11H2,1-2H3,(H2,17,18,19)/t13-,15+/m0/s1. The lowest BCUT2D eigenvalue weighted by molar-refractivity contribution is 0.165. The number of rotatable bonds is 7. The van der Waals surface area contributed by atoms with E-state index in [1.165, 1.54) is 0 Å². The Morgan fingerprint density at radius 1 is 1.41 bits per heavy atom. The predicted octanol–water partition coefficient (Wildman–Crippen LogP) is 2.58. The van der Waals surface area contributed by atoms with Gasteiger partial charge in [-0.15, -0.1) is 0 Å².